The van der Waals surface area contributed by atoms with Crippen LogP contribution in [0.3, 0.4) is 0 Å². The van der Waals surface area contributed by atoms with Gasteiger partial charge in [0, 0.05) is 16.5 Å². The average Bonchev–Trinajstić information content (AvgIpc) is 3.46. The topological polar surface area (TPSA) is 43.9 Å². The van der Waals surface area contributed by atoms with E-state index in [2.05, 4.69) is 102 Å². The third-order valence-electron chi connectivity index (χ3n) is 7.58. The first-order valence-corrected chi connectivity index (χ1v) is 13.7. The summed E-state index contributed by atoms with van der Waals surface area (Å²) in [7, 11) is 0. The molecule has 3 aromatic heterocycles. The fourth-order valence-corrected chi connectivity index (χ4v) is 5.62. The lowest BCUT2D eigenvalue weighted by Crippen LogP contribution is -2.09. The Balaban J connectivity index is 1.79. The summed E-state index contributed by atoms with van der Waals surface area (Å²) < 4.78 is 8.88. The molecule has 38 heavy (non-hydrogen) atoms. The molecule has 0 aliphatic heterocycles. The van der Waals surface area contributed by atoms with Crippen LogP contribution in [-0.4, -0.2) is 14.5 Å². The summed E-state index contributed by atoms with van der Waals surface area (Å²) >= 11 is 0. The molecule has 0 N–H and O–H groups in total. The third-order valence-corrected chi connectivity index (χ3v) is 7.58. The number of aromatic nitrogens is 3. The van der Waals surface area contributed by atoms with Gasteiger partial charge >= 0.3 is 0 Å². The van der Waals surface area contributed by atoms with Gasteiger partial charge < -0.3 is 4.42 Å². The van der Waals surface area contributed by atoms with Crippen LogP contribution in [0.1, 0.15) is 81.7 Å². The van der Waals surface area contributed by atoms with Crippen LogP contribution < -0.4 is 0 Å². The van der Waals surface area contributed by atoms with E-state index >= 15 is 0 Å². The lowest BCUT2D eigenvalue weighted by atomic mass is 9.90. The van der Waals surface area contributed by atoms with E-state index in [0.717, 1.165) is 50.1 Å². The van der Waals surface area contributed by atoms with Gasteiger partial charge in [-0.25, -0.2) is 4.98 Å². The van der Waals surface area contributed by atoms with E-state index in [1.807, 2.05) is 18.3 Å². The molecule has 3 heterocycles. The highest BCUT2D eigenvalue weighted by molar-refractivity contribution is 6.09. The van der Waals surface area contributed by atoms with Crippen molar-refractivity contribution in [2.75, 3.05) is 0 Å². The van der Waals surface area contributed by atoms with Crippen molar-refractivity contribution in [1.29, 1.82) is 0 Å². The van der Waals surface area contributed by atoms with E-state index in [1.165, 1.54) is 22.4 Å². The summed E-state index contributed by atoms with van der Waals surface area (Å²) in [4.78, 5) is 10.0. The quantitative estimate of drug-likeness (QED) is 0.236. The fourth-order valence-electron chi connectivity index (χ4n) is 5.62. The van der Waals surface area contributed by atoms with Crippen LogP contribution in [0.25, 0.3) is 50.0 Å². The number of fused-ring (bicyclic) bond motifs is 4. The van der Waals surface area contributed by atoms with E-state index in [0.29, 0.717) is 17.8 Å². The van der Waals surface area contributed by atoms with Crippen molar-refractivity contribution in [2.45, 2.75) is 66.2 Å². The summed E-state index contributed by atoms with van der Waals surface area (Å²) in [6.07, 6.45) is 1.93. The summed E-state index contributed by atoms with van der Waals surface area (Å²) in [5.74, 6) is 1.90. The zero-order valence-electron chi connectivity index (χ0n) is 23.3. The van der Waals surface area contributed by atoms with Gasteiger partial charge in [0.2, 0.25) is 0 Å². The first-order chi connectivity index (χ1) is 18.2. The molecule has 3 aromatic carbocycles. The fraction of sp³-hybridized carbons (Fsp3) is 0.294. The number of para-hydroxylation sites is 2. The second-order valence-electron chi connectivity index (χ2n) is 11.4. The number of rotatable bonds is 5. The van der Waals surface area contributed by atoms with Crippen LogP contribution in [0.15, 0.2) is 71.3 Å². The van der Waals surface area contributed by atoms with Gasteiger partial charge in [-0.1, -0.05) is 89.6 Å². The molecule has 0 bridgehead atoms. The van der Waals surface area contributed by atoms with Crippen LogP contribution in [0.2, 0.25) is 0 Å². The number of nitrogens with zero attached hydrogens (tertiary/aromatic N) is 3. The highest BCUT2D eigenvalue weighted by Crippen LogP contribution is 2.41. The number of benzene rings is 3. The van der Waals surface area contributed by atoms with E-state index in [-0.39, 0.29) is 0 Å². The van der Waals surface area contributed by atoms with Crippen molar-refractivity contribution >= 4 is 33.0 Å². The van der Waals surface area contributed by atoms with E-state index < -0.39 is 0 Å². The normalized spacial score (nSPS) is 12.3. The predicted octanol–water partition coefficient (Wildman–Crippen LogP) is 9.67. The summed E-state index contributed by atoms with van der Waals surface area (Å²) in [5, 5.41) is 2.23. The highest BCUT2D eigenvalue weighted by atomic mass is 16.3. The average molecular weight is 502 g/mol. The number of aryl methyl sites for hydroxylation is 1. The van der Waals surface area contributed by atoms with Gasteiger partial charge in [0.15, 0.2) is 0 Å². The molecule has 6 aromatic rings. The van der Waals surface area contributed by atoms with Gasteiger partial charge in [-0.3, -0.25) is 9.55 Å². The van der Waals surface area contributed by atoms with Crippen molar-refractivity contribution < 1.29 is 4.42 Å². The molecule has 0 amide bonds. The van der Waals surface area contributed by atoms with Crippen LogP contribution in [0, 0.1) is 6.92 Å². The molecule has 4 heteroatoms. The van der Waals surface area contributed by atoms with Gasteiger partial charge in [-0.15, -0.1) is 0 Å². The van der Waals surface area contributed by atoms with Gasteiger partial charge in [0.1, 0.15) is 22.5 Å². The summed E-state index contributed by atoms with van der Waals surface area (Å²) in [5.41, 5.74) is 11.0. The van der Waals surface area contributed by atoms with E-state index in [1.54, 1.807) is 0 Å². The standard InChI is InChI=1S/C34H35N3O/c1-19(2)26-15-22(7)16-27(20(3)4)32(26)37-30-17-28(21(5)6)35-18-29(30)36-34(37)25-13-10-12-24-23-11-8-9-14-31(23)38-33(24)25/h8-21H,1-7H3. The zero-order valence-corrected chi connectivity index (χ0v) is 23.3. The Morgan fingerprint density at radius 2 is 1.45 bits per heavy atom. The van der Waals surface area contributed by atoms with Gasteiger partial charge in [-0.05, 0) is 54.0 Å². The number of furan rings is 1. The first kappa shape index (κ1) is 24.4. The Labute approximate surface area is 224 Å². The Hall–Kier alpha value is -3.92. The molecule has 0 radical (unpaired) electrons. The lowest BCUT2D eigenvalue weighted by Gasteiger charge is -2.24. The van der Waals surface area contributed by atoms with E-state index in [9.17, 15) is 0 Å². The number of hydrogen-bond donors (Lipinski definition) is 0. The smallest absolute Gasteiger partial charge is 0.149 e. The Bertz CT molecular complexity index is 1790. The maximum Gasteiger partial charge on any atom is 0.149 e. The van der Waals surface area contributed by atoms with Crippen LogP contribution >= 0.6 is 0 Å². The third kappa shape index (κ3) is 3.82. The molecule has 0 unspecified atom stereocenters. The van der Waals surface area contributed by atoms with Crippen LogP contribution in [-0.2, 0) is 0 Å². The molecule has 0 saturated carbocycles. The maximum atomic E-state index is 6.49. The minimum Gasteiger partial charge on any atom is -0.455 e. The molecule has 192 valence electrons. The minimum absolute atomic E-state index is 0.317. The molecule has 0 saturated heterocycles. The van der Waals surface area contributed by atoms with Crippen LogP contribution in [0.4, 0.5) is 0 Å². The van der Waals surface area contributed by atoms with Crippen molar-refractivity contribution in [1.82, 2.24) is 14.5 Å². The van der Waals surface area contributed by atoms with Crippen molar-refractivity contribution in [3.63, 3.8) is 0 Å². The Kier molecular flexibility index (Phi) is 5.86. The molecule has 4 nitrogen and oxygen atoms in total. The van der Waals surface area contributed by atoms with Crippen molar-refractivity contribution in [3.8, 4) is 17.1 Å². The molecule has 0 aliphatic rings. The van der Waals surface area contributed by atoms with Gasteiger partial charge in [0.25, 0.3) is 0 Å². The van der Waals surface area contributed by atoms with Gasteiger partial charge in [0.05, 0.1) is 23.0 Å². The number of hydrogen-bond acceptors (Lipinski definition) is 3. The Morgan fingerprint density at radius 1 is 0.763 bits per heavy atom. The highest BCUT2D eigenvalue weighted by Gasteiger charge is 2.25. The van der Waals surface area contributed by atoms with Gasteiger partial charge in [-0.2, -0.15) is 0 Å². The predicted molar refractivity (Wildman–Crippen MR) is 159 cm³/mol. The number of imidazole rings is 1. The molecule has 6 rings (SSSR count). The lowest BCUT2D eigenvalue weighted by molar-refractivity contribution is 0.669. The SMILES string of the molecule is Cc1cc(C(C)C)c(-n2c(-c3cccc4c3oc3ccccc34)nc3cnc(C(C)C)cc32)c(C(C)C)c1. The molecule has 0 fully saturated rings. The largest absolute Gasteiger partial charge is 0.455 e. The monoisotopic (exact) mass is 501 g/mol. The van der Waals surface area contributed by atoms with E-state index in [4.69, 9.17) is 14.4 Å². The molecule has 0 spiro atoms. The van der Waals surface area contributed by atoms with Crippen molar-refractivity contribution in [2.24, 2.45) is 0 Å². The Morgan fingerprint density at radius 3 is 2.13 bits per heavy atom. The molecular formula is C34H35N3O. The minimum atomic E-state index is 0.317. The summed E-state index contributed by atoms with van der Waals surface area (Å²) in [6, 6.07) is 21.5. The molecule has 0 atom stereocenters. The van der Waals surface area contributed by atoms with Crippen LogP contribution in [0.5, 0.6) is 0 Å². The number of pyridine rings is 1. The second-order valence-corrected chi connectivity index (χ2v) is 11.4. The maximum absolute atomic E-state index is 6.49. The first-order valence-electron chi connectivity index (χ1n) is 13.7. The molecular weight excluding hydrogens is 466 g/mol. The zero-order chi connectivity index (χ0) is 26.7. The second kappa shape index (κ2) is 9.13. The summed E-state index contributed by atoms with van der Waals surface area (Å²) in [6.45, 7) is 15.7. The van der Waals surface area contributed by atoms with Crippen molar-refractivity contribution in [3.05, 3.63) is 89.2 Å². The molecule has 0 aliphatic carbocycles.